The molecule has 3 heteroatoms. The van der Waals surface area contributed by atoms with Crippen molar-refractivity contribution in [1.82, 2.24) is 4.90 Å². The highest BCUT2D eigenvalue weighted by Crippen LogP contribution is 2.30. The molecule has 0 aliphatic heterocycles. The molecule has 1 N–H and O–H groups in total. The van der Waals surface area contributed by atoms with Crippen molar-refractivity contribution in [2.75, 3.05) is 13.7 Å². The lowest BCUT2D eigenvalue weighted by Crippen LogP contribution is -2.34. The van der Waals surface area contributed by atoms with E-state index in [1.54, 1.807) is 11.3 Å². The average Bonchev–Trinajstić information content (AvgIpc) is 2.92. The minimum absolute atomic E-state index is 0.0617. The number of thiophene rings is 1. The molecule has 1 aliphatic carbocycles. The van der Waals surface area contributed by atoms with Crippen LogP contribution in [0.5, 0.6) is 0 Å². The molecule has 1 aliphatic rings. The molecule has 20 heavy (non-hydrogen) atoms. The van der Waals surface area contributed by atoms with Gasteiger partial charge in [-0.2, -0.15) is 0 Å². The van der Waals surface area contributed by atoms with E-state index < -0.39 is 0 Å². The number of aliphatic hydroxyl groups is 1. The number of nitrogens with zero attached hydrogens (tertiary/aromatic N) is 1. The van der Waals surface area contributed by atoms with Crippen LogP contribution in [0.2, 0.25) is 0 Å². The summed E-state index contributed by atoms with van der Waals surface area (Å²) < 4.78 is 0. The predicted octanol–water partition coefficient (Wildman–Crippen LogP) is 3.49. The molecular formula is C17H25NOS. The van der Waals surface area contributed by atoms with Gasteiger partial charge in [-0.1, -0.05) is 25.2 Å². The first kappa shape index (κ1) is 15.6. The van der Waals surface area contributed by atoms with Crippen molar-refractivity contribution in [2.24, 2.45) is 5.92 Å². The lowest BCUT2D eigenvalue weighted by atomic mass is 9.84. The summed E-state index contributed by atoms with van der Waals surface area (Å²) in [5, 5.41) is 8.71. The van der Waals surface area contributed by atoms with Gasteiger partial charge in [-0.05, 0) is 50.8 Å². The summed E-state index contributed by atoms with van der Waals surface area (Å²) >= 11 is 1.74. The first-order valence-corrected chi connectivity index (χ1v) is 8.43. The molecule has 0 spiro atoms. The maximum atomic E-state index is 8.71. The predicted molar refractivity (Wildman–Crippen MR) is 85.8 cm³/mol. The molecule has 2 nitrogen and oxygen atoms in total. The summed E-state index contributed by atoms with van der Waals surface area (Å²) in [5.74, 6) is 6.65. The molecule has 0 unspecified atom stereocenters. The summed E-state index contributed by atoms with van der Waals surface area (Å²) in [6.07, 6.45) is 6.82. The van der Waals surface area contributed by atoms with Crippen LogP contribution in [0, 0.1) is 17.8 Å². The van der Waals surface area contributed by atoms with Gasteiger partial charge in [-0.3, -0.25) is 4.90 Å². The Hall–Kier alpha value is -0.820. The van der Waals surface area contributed by atoms with E-state index >= 15 is 0 Å². The van der Waals surface area contributed by atoms with Crippen molar-refractivity contribution < 1.29 is 5.11 Å². The van der Waals surface area contributed by atoms with Crippen LogP contribution >= 0.6 is 11.3 Å². The van der Waals surface area contributed by atoms with Gasteiger partial charge in [-0.15, -0.1) is 11.3 Å². The Bertz CT molecular complexity index is 463. The Labute approximate surface area is 126 Å². The largest absolute Gasteiger partial charge is 0.384 e. The van der Waals surface area contributed by atoms with Gasteiger partial charge in [-0.25, -0.2) is 0 Å². The molecule has 0 atom stereocenters. The summed E-state index contributed by atoms with van der Waals surface area (Å²) in [6, 6.07) is 4.97. The van der Waals surface area contributed by atoms with E-state index in [0.29, 0.717) is 0 Å². The van der Waals surface area contributed by atoms with E-state index in [1.165, 1.54) is 37.0 Å². The van der Waals surface area contributed by atoms with E-state index in [-0.39, 0.29) is 6.61 Å². The van der Waals surface area contributed by atoms with E-state index in [0.717, 1.165) is 23.4 Å². The second kappa shape index (κ2) is 7.83. The van der Waals surface area contributed by atoms with Crippen LogP contribution in [-0.4, -0.2) is 29.7 Å². The van der Waals surface area contributed by atoms with Gasteiger partial charge in [0.25, 0.3) is 0 Å². The van der Waals surface area contributed by atoms with Crippen LogP contribution in [0.3, 0.4) is 0 Å². The van der Waals surface area contributed by atoms with Crippen LogP contribution in [0.15, 0.2) is 12.1 Å². The van der Waals surface area contributed by atoms with Crippen molar-refractivity contribution in [1.29, 1.82) is 0 Å². The first-order valence-electron chi connectivity index (χ1n) is 7.61. The van der Waals surface area contributed by atoms with Crippen LogP contribution in [0.25, 0.3) is 0 Å². The summed E-state index contributed by atoms with van der Waals surface area (Å²) in [6.45, 7) is 3.27. The molecule has 1 heterocycles. The summed E-state index contributed by atoms with van der Waals surface area (Å²) in [4.78, 5) is 4.92. The van der Waals surface area contributed by atoms with Gasteiger partial charge in [0.05, 0.1) is 4.88 Å². The third kappa shape index (κ3) is 4.34. The Balaban J connectivity index is 1.85. The molecular weight excluding hydrogens is 266 g/mol. The molecule has 1 fully saturated rings. The SMILES string of the molecule is CCC1CCC(N(C)Cc2ccc(C#CCO)s2)CC1. The zero-order chi connectivity index (χ0) is 14.4. The van der Waals surface area contributed by atoms with Crippen molar-refractivity contribution in [3.05, 3.63) is 21.9 Å². The zero-order valence-corrected chi connectivity index (χ0v) is 13.4. The molecule has 0 radical (unpaired) electrons. The number of hydrogen-bond donors (Lipinski definition) is 1. The molecule has 0 saturated heterocycles. The first-order chi connectivity index (χ1) is 9.72. The Kier molecular flexibility index (Phi) is 6.09. The molecule has 1 saturated carbocycles. The van der Waals surface area contributed by atoms with Crippen LogP contribution < -0.4 is 0 Å². The molecule has 2 rings (SSSR count). The highest BCUT2D eigenvalue weighted by molar-refractivity contribution is 7.12. The topological polar surface area (TPSA) is 23.5 Å². The number of aliphatic hydroxyl groups excluding tert-OH is 1. The fourth-order valence-corrected chi connectivity index (χ4v) is 3.97. The van der Waals surface area contributed by atoms with Crippen molar-refractivity contribution in [2.45, 2.75) is 51.6 Å². The molecule has 1 aromatic rings. The fourth-order valence-electron chi connectivity index (χ4n) is 3.03. The van der Waals surface area contributed by atoms with Gasteiger partial charge in [0.2, 0.25) is 0 Å². The quantitative estimate of drug-likeness (QED) is 0.858. The van der Waals surface area contributed by atoms with E-state index in [4.69, 9.17) is 5.11 Å². The third-order valence-electron chi connectivity index (χ3n) is 4.37. The molecule has 0 amide bonds. The highest BCUT2D eigenvalue weighted by atomic mass is 32.1. The number of hydrogen-bond acceptors (Lipinski definition) is 3. The summed E-state index contributed by atoms with van der Waals surface area (Å²) in [5.41, 5.74) is 0. The molecule has 0 aromatic carbocycles. The van der Waals surface area contributed by atoms with Gasteiger partial charge in [0.15, 0.2) is 0 Å². The van der Waals surface area contributed by atoms with Gasteiger partial charge in [0, 0.05) is 17.5 Å². The van der Waals surface area contributed by atoms with Crippen LogP contribution in [0.1, 0.15) is 48.8 Å². The second-order valence-corrected chi connectivity index (χ2v) is 6.89. The van der Waals surface area contributed by atoms with Crippen LogP contribution in [-0.2, 0) is 6.54 Å². The van der Waals surface area contributed by atoms with E-state index in [9.17, 15) is 0 Å². The van der Waals surface area contributed by atoms with Gasteiger partial charge >= 0.3 is 0 Å². The van der Waals surface area contributed by atoms with Crippen molar-refractivity contribution in [3.63, 3.8) is 0 Å². The lowest BCUT2D eigenvalue weighted by molar-refractivity contribution is 0.158. The van der Waals surface area contributed by atoms with Gasteiger partial charge < -0.3 is 5.11 Å². The maximum absolute atomic E-state index is 8.71. The molecule has 1 aromatic heterocycles. The Morgan fingerprint density at radius 1 is 1.30 bits per heavy atom. The second-order valence-electron chi connectivity index (χ2n) is 5.72. The number of rotatable bonds is 4. The summed E-state index contributed by atoms with van der Waals surface area (Å²) in [7, 11) is 2.25. The third-order valence-corrected chi connectivity index (χ3v) is 5.36. The lowest BCUT2D eigenvalue weighted by Gasteiger charge is -2.34. The van der Waals surface area contributed by atoms with Crippen molar-refractivity contribution >= 4 is 11.3 Å². The normalized spacial score (nSPS) is 22.6. The van der Waals surface area contributed by atoms with Crippen molar-refractivity contribution in [3.8, 4) is 11.8 Å². The minimum atomic E-state index is -0.0617. The average molecular weight is 291 g/mol. The van der Waals surface area contributed by atoms with E-state index in [2.05, 4.69) is 42.8 Å². The highest BCUT2D eigenvalue weighted by Gasteiger charge is 2.23. The monoisotopic (exact) mass is 291 g/mol. The zero-order valence-electron chi connectivity index (χ0n) is 12.6. The minimum Gasteiger partial charge on any atom is -0.384 e. The van der Waals surface area contributed by atoms with E-state index in [1.807, 2.05) is 0 Å². The fraction of sp³-hybridized carbons (Fsp3) is 0.647. The standard InChI is InChI=1S/C17H25NOS/c1-3-14-6-8-15(9-7-14)18(2)13-17-11-10-16(20-17)5-4-12-19/h10-11,14-15,19H,3,6-9,12-13H2,1-2H3. The maximum Gasteiger partial charge on any atom is 0.104 e. The molecule has 0 bridgehead atoms. The van der Waals surface area contributed by atoms with Crippen LogP contribution in [0.4, 0.5) is 0 Å². The molecule has 110 valence electrons. The Morgan fingerprint density at radius 2 is 2.05 bits per heavy atom. The van der Waals surface area contributed by atoms with Gasteiger partial charge in [0.1, 0.15) is 6.61 Å². The smallest absolute Gasteiger partial charge is 0.104 e. The Morgan fingerprint density at radius 3 is 2.70 bits per heavy atom.